The van der Waals surface area contributed by atoms with Crippen LogP contribution in [0.15, 0.2) is 54.6 Å². The molecule has 2 aliphatic rings. The fourth-order valence-corrected chi connectivity index (χ4v) is 3.86. The number of fused-ring (bicyclic) bond motifs is 3. The van der Waals surface area contributed by atoms with Crippen LogP contribution in [0.3, 0.4) is 0 Å². The highest BCUT2D eigenvalue weighted by molar-refractivity contribution is 5.60. The topological polar surface area (TPSA) is 12.0 Å². The van der Waals surface area contributed by atoms with Crippen LogP contribution < -0.4 is 5.32 Å². The van der Waals surface area contributed by atoms with Gasteiger partial charge in [-0.05, 0) is 53.6 Å². The van der Waals surface area contributed by atoms with E-state index in [0.717, 1.165) is 12.8 Å². The number of rotatable bonds is 2. The number of allylic oxidation sites excluding steroid dienone is 2. The van der Waals surface area contributed by atoms with Gasteiger partial charge in [0.25, 0.3) is 0 Å². The molecule has 0 amide bonds. The molecule has 0 radical (unpaired) electrons. The molecule has 22 heavy (non-hydrogen) atoms. The summed E-state index contributed by atoms with van der Waals surface area (Å²) in [5.41, 5.74) is 5.20. The average Bonchev–Trinajstić information content (AvgIpc) is 3.04. The van der Waals surface area contributed by atoms with Crippen LogP contribution in [0.4, 0.5) is 10.1 Å². The smallest absolute Gasteiger partial charge is 0.123 e. The van der Waals surface area contributed by atoms with Gasteiger partial charge in [-0.3, -0.25) is 0 Å². The Morgan fingerprint density at radius 3 is 2.73 bits per heavy atom. The lowest BCUT2D eigenvalue weighted by Crippen LogP contribution is -2.29. The monoisotopic (exact) mass is 293 g/mol. The second kappa shape index (κ2) is 5.28. The molecule has 0 aromatic heterocycles. The number of benzene rings is 2. The summed E-state index contributed by atoms with van der Waals surface area (Å²) in [7, 11) is 0. The molecule has 0 spiro atoms. The molecule has 0 bridgehead atoms. The maximum absolute atomic E-state index is 13.2. The second-order valence-corrected chi connectivity index (χ2v) is 6.30. The molecular formula is C20H20FN. The Bertz CT molecular complexity index is 717. The second-order valence-electron chi connectivity index (χ2n) is 6.30. The molecule has 1 N–H and O–H groups in total. The summed E-state index contributed by atoms with van der Waals surface area (Å²) in [4.78, 5) is 0. The average molecular weight is 293 g/mol. The molecule has 2 heteroatoms. The number of anilines is 1. The van der Waals surface area contributed by atoms with Crippen LogP contribution in [0.1, 0.15) is 42.0 Å². The standard InChI is InChI=1S/C20H20FN/c1-2-13-6-11-19-18(12-13)16-4-3-5-17(16)20(22-19)14-7-9-15(21)10-8-14/h3-4,6-12,16-17,20,22H,2,5H2,1H3/t16-,17-,20+/m1/s1. The molecule has 4 rings (SSSR count). The van der Waals surface area contributed by atoms with Crippen molar-refractivity contribution >= 4 is 5.69 Å². The van der Waals surface area contributed by atoms with Crippen molar-refractivity contribution in [3.8, 4) is 0 Å². The lowest BCUT2D eigenvalue weighted by atomic mass is 9.76. The van der Waals surface area contributed by atoms with E-state index in [1.807, 2.05) is 12.1 Å². The zero-order valence-corrected chi connectivity index (χ0v) is 12.7. The van der Waals surface area contributed by atoms with Gasteiger partial charge in [-0.15, -0.1) is 0 Å². The van der Waals surface area contributed by atoms with E-state index >= 15 is 0 Å². The first-order valence-electron chi connectivity index (χ1n) is 8.07. The minimum atomic E-state index is -0.173. The highest BCUT2D eigenvalue weighted by Gasteiger charge is 2.37. The third kappa shape index (κ3) is 2.14. The van der Waals surface area contributed by atoms with Crippen LogP contribution in [0.25, 0.3) is 0 Å². The maximum Gasteiger partial charge on any atom is 0.123 e. The molecule has 1 aliphatic carbocycles. The first-order valence-corrected chi connectivity index (χ1v) is 8.07. The van der Waals surface area contributed by atoms with E-state index < -0.39 is 0 Å². The molecule has 1 aliphatic heterocycles. The quantitative estimate of drug-likeness (QED) is 0.749. The lowest BCUT2D eigenvalue weighted by molar-refractivity contribution is 0.425. The summed E-state index contributed by atoms with van der Waals surface area (Å²) in [6, 6.07) is 13.9. The van der Waals surface area contributed by atoms with E-state index in [9.17, 15) is 4.39 Å². The van der Waals surface area contributed by atoms with Gasteiger partial charge >= 0.3 is 0 Å². The molecule has 2 aromatic carbocycles. The first-order chi connectivity index (χ1) is 10.8. The van der Waals surface area contributed by atoms with Crippen LogP contribution in [0, 0.1) is 11.7 Å². The first kappa shape index (κ1) is 13.6. The zero-order chi connectivity index (χ0) is 15.1. The van der Waals surface area contributed by atoms with Crippen molar-refractivity contribution in [3.63, 3.8) is 0 Å². The number of hydrogen-bond donors (Lipinski definition) is 1. The van der Waals surface area contributed by atoms with Crippen molar-refractivity contribution in [2.75, 3.05) is 5.32 Å². The van der Waals surface area contributed by atoms with E-state index in [4.69, 9.17) is 0 Å². The van der Waals surface area contributed by atoms with Gasteiger partial charge in [-0.2, -0.15) is 0 Å². The van der Waals surface area contributed by atoms with E-state index in [2.05, 4.69) is 42.6 Å². The van der Waals surface area contributed by atoms with Gasteiger partial charge < -0.3 is 5.32 Å². The van der Waals surface area contributed by atoms with Crippen LogP contribution in [0.5, 0.6) is 0 Å². The van der Waals surface area contributed by atoms with Gasteiger partial charge in [-0.1, -0.05) is 43.3 Å². The summed E-state index contributed by atoms with van der Waals surface area (Å²) in [6.07, 6.45) is 6.78. The molecule has 112 valence electrons. The van der Waals surface area contributed by atoms with Gasteiger partial charge in [0, 0.05) is 11.6 Å². The van der Waals surface area contributed by atoms with E-state index in [-0.39, 0.29) is 11.9 Å². The Labute approximate surface area is 130 Å². The van der Waals surface area contributed by atoms with Gasteiger partial charge in [-0.25, -0.2) is 4.39 Å². The molecule has 1 heterocycles. The maximum atomic E-state index is 13.2. The lowest BCUT2D eigenvalue weighted by Gasteiger charge is -2.37. The van der Waals surface area contributed by atoms with Crippen LogP contribution in [-0.4, -0.2) is 0 Å². The molecule has 0 saturated heterocycles. The van der Waals surface area contributed by atoms with E-state index in [0.29, 0.717) is 11.8 Å². The highest BCUT2D eigenvalue weighted by atomic mass is 19.1. The fraction of sp³-hybridized carbons (Fsp3) is 0.300. The van der Waals surface area contributed by atoms with Crippen molar-refractivity contribution in [1.82, 2.24) is 0 Å². The van der Waals surface area contributed by atoms with Gasteiger partial charge in [0.15, 0.2) is 0 Å². The summed E-state index contributed by atoms with van der Waals surface area (Å²) in [6.45, 7) is 2.20. The molecule has 0 saturated carbocycles. The SMILES string of the molecule is CCc1ccc2c(c1)[C@@H]1C=CC[C@H]1[C@H](c1ccc(F)cc1)N2. The largest absolute Gasteiger partial charge is 0.378 e. The summed E-state index contributed by atoms with van der Waals surface area (Å²) in [5.74, 6) is 0.816. The Morgan fingerprint density at radius 1 is 1.14 bits per heavy atom. The number of halogens is 1. The molecule has 3 atom stereocenters. The molecule has 2 aromatic rings. The molecule has 1 nitrogen and oxygen atoms in total. The number of nitrogens with one attached hydrogen (secondary N) is 1. The van der Waals surface area contributed by atoms with Crippen molar-refractivity contribution in [2.45, 2.75) is 31.7 Å². The van der Waals surface area contributed by atoms with Gasteiger partial charge in [0.1, 0.15) is 5.82 Å². The number of aryl methyl sites for hydroxylation is 1. The summed E-state index contributed by atoms with van der Waals surface area (Å²) >= 11 is 0. The Kier molecular flexibility index (Phi) is 3.25. The molecular weight excluding hydrogens is 273 g/mol. The van der Waals surface area contributed by atoms with Crippen molar-refractivity contribution < 1.29 is 4.39 Å². The summed E-state index contributed by atoms with van der Waals surface area (Å²) in [5, 5.41) is 3.69. The van der Waals surface area contributed by atoms with Crippen molar-refractivity contribution in [3.05, 3.63) is 77.1 Å². The van der Waals surface area contributed by atoms with Crippen molar-refractivity contribution in [1.29, 1.82) is 0 Å². The third-order valence-corrected chi connectivity index (χ3v) is 5.06. The third-order valence-electron chi connectivity index (χ3n) is 5.06. The molecule has 0 fully saturated rings. The van der Waals surface area contributed by atoms with Gasteiger partial charge in [0.05, 0.1) is 6.04 Å². The van der Waals surface area contributed by atoms with Gasteiger partial charge in [0.2, 0.25) is 0 Å². The number of hydrogen-bond acceptors (Lipinski definition) is 1. The Morgan fingerprint density at radius 2 is 1.95 bits per heavy atom. The minimum absolute atomic E-state index is 0.173. The molecule has 0 unspecified atom stereocenters. The predicted octanol–water partition coefficient (Wildman–Crippen LogP) is 5.21. The normalized spacial score (nSPS) is 25.5. The minimum Gasteiger partial charge on any atom is -0.378 e. The highest BCUT2D eigenvalue weighted by Crippen LogP contribution is 2.49. The van der Waals surface area contributed by atoms with Crippen LogP contribution in [0.2, 0.25) is 0 Å². The van der Waals surface area contributed by atoms with E-state index in [1.54, 1.807) is 12.1 Å². The summed E-state index contributed by atoms with van der Waals surface area (Å²) < 4.78 is 13.2. The Hall–Kier alpha value is -2.09. The van der Waals surface area contributed by atoms with Crippen molar-refractivity contribution in [2.24, 2.45) is 5.92 Å². The fourth-order valence-electron chi connectivity index (χ4n) is 3.86. The predicted molar refractivity (Wildman–Crippen MR) is 88.6 cm³/mol. The Balaban J connectivity index is 1.76. The van der Waals surface area contributed by atoms with E-state index in [1.165, 1.54) is 22.4 Å². The zero-order valence-electron chi connectivity index (χ0n) is 12.7. The van der Waals surface area contributed by atoms with Crippen LogP contribution >= 0.6 is 0 Å². The van der Waals surface area contributed by atoms with Crippen LogP contribution in [-0.2, 0) is 6.42 Å².